The molecule has 0 radical (unpaired) electrons. The molecule has 0 aliphatic rings. The quantitative estimate of drug-likeness (QED) is 0.701. The Balaban J connectivity index is 3.03. The minimum absolute atomic E-state index is 0.641. The van der Waals surface area contributed by atoms with E-state index < -0.39 is 0 Å². The Labute approximate surface area is 85.7 Å². The van der Waals surface area contributed by atoms with E-state index in [0.29, 0.717) is 5.92 Å². The van der Waals surface area contributed by atoms with Crippen LogP contribution < -0.4 is 0 Å². The highest BCUT2D eigenvalue weighted by Crippen LogP contribution is 2.23. The Kier molecular flexibility index (Phi) is 3.86. The molecule has 0 saturated carbocycles. The lowest BCUT2D eigenvalue weighted by Crippen LogP contribution is -1.95. The zero-order valence-electron chi connectivity index (χ0n) is 8.92. The maximum Gasteiger partial charge on any atom is 0.0184 e. The molecule has 0 heterocycles. The van der Waals surface area contributed by atoms with Crippen LogP contribution in [0.2, 0.25) is 0 Å². The van der Waals surface area contributed by atoms with Gasteiger partial charge >= 0.3 is 0 Å². The highest BCUT2D eigenvalue weighted by atomic mass is 32.2. The maximum absolute atomic E-state index is 2.26. The molecular weight excluding hydrogens is 176 g/mol. The fourth-order valence-electron chi connectivity index (χ4n) is 1.64. The van der Waals surface area contributed by atoms with Crippen molar-refractivity contribution >= 4 is 11.8 Å². The van der Waals surface area contributed by atoms with Gasteiger partial charge in [-0.1, -0.05) is 32.0 Å². The molecule has 0 bridgehead atoms. The molecule has 0 aliphatic heterocycles. The van der Waals surface area contributed by atoms with E-state index in [0.717, 1.165) is 5.75 Å². The van der Waals surface area contributed by atoms with E-state index in [4.69, 9.17) is 0 Å². The van der Waals surface area contributed by atoms with E-state index in [1.807, 2.05) is 11.8 Å². The van der Waals surface area contributed by atoms with E-state index in [2.05, 4.69) is 45.2 Å². The summed E-state index contributed by atoms with van der Waals surface area (Å²) in [4.78, 5) is 0. The van der Waals surface area contributed by atoms with Crippen molar-refractivity contribution in [2.45, 2.75) is 32.4 Å². The summed E-state index contributed by atoms with van der Waals surface area (Å²) < 4.78 is 0. The molecule has 0 amide bonds. The van der Waals surface area contributed by atoms with Gasteiger partial charge in [0.25, 0.3) is 0 Å². The molecule has 72 valence electrons. The van der Waals surface area contributed by atoms with Gasteiger partial charge < -0.3 is 0 Å². The first-order chi connectivity index (χ1) is 6.16. The zero-order valence-corrected chi connectivity index (χ0v) is 9.74. The molecule has 1 rings (SSSR count). The molecule has 1 aromatic carbocycles. The van der Waals surface area contributed by atoms with Gasteiger partial charge in [-0.15, -0.1) is 0 Å². The van der Waals surface area contributed by atoms with Gasteiger partial charge in [-0.25, -0.2) is 0 Å². The molecule has 0 nitrogen and oxygen atoms in total. The Morgan fingerprint density at radius 3 is 2.54 bits per heavy atom. The summed E-state index contributed by atoms with van der Waals surface area (Å²) in [5, 5.41) is 0. The average Bonchev–Trinajstić information content (AvgIpc) is 2.08. The first-order valence-corrected chi connectivity index (χ1v) is 6.13. The second-order valence-corrected chi connectivity index (χ2v) is 4.59. The van der Waals surface area contributed by atoms with Crippen LogP contribution in [0, 0.1) is 6.92 Å². The summed E-state index contributed by atoms with van der Waals surface area (Å²) in [5.41, 5.74) is 4.46. The molecule has 0 aliphatic carbocycles. The summed E-state index contributed by atoms with van der Waals surface area (Å²) in [7, 11) is 0. The van der Waals surface area contributed by atoms with Crippen molar-refractivity contribution in [2.75, 3.05) is 6.26 Å². The second kappa shape index (κ2) is 4.71. The van der Waals surface area contributed by atoms with E-state index in [1.165, 1.54) is 16.7 Å². The van der Waals surface area contributed by atoms with Gasteiger partial charge in [0.2, 0.25) is 0 Å². The zero-order chi connectivity index (χ0) is 9.84. The molecule has 1 heteroatoms. The van der Waals surface area contributed by atoms with Crippen molar-refractivity contribution in [3.05, 3.63) is 34.9 Å². The summed E-state index contributed by atoms with van der Waals surface area (Å²) in [6.07, 6.45) is 2.15. The fourth-order valence-corrected chi connectivity index (χ4v) is 2.26. The van der Waals surface area contributed by atoms with Gasteiger partial charge in [-0.3, -0.25) is 0 Å². The fraction of sp³-hybridized carbons (Fsp3) is 0.500. The molecule has 0 saturated heterocycles. The van der Waals surface area contributed by atoms with E-state index in [1.54, 1.807) is 0 Å². The maximum atomic E-state index is 2.26. The number of rotatable bonds is 3. The van der Waals surface area contributed by atoms with Gasteiger partial charge in [-0.05, 0) is 35.8 Å². The Bertz CT molecular complexity index is 276. The van der Waals surface area contributed by atoms with Crippen LogP contribution in [-0.4, -0.2) is 6.26 Å². The summed E-state index contributed by atoms with van der Waals surface area (Å²) in [6.45, 7) is 6.75. The van der Waals surface area contributed by atoms with Crippen LogP contribution in [0.25, 0.3) is 0 Å². The summed E-state index contributed by atoms with van der Waals surface area (Å²) in [5.74, 6) is 1.77. The van der Waals surface area contributed by atoms with Gasteiger partial charge in [0.1, 0.15) is 0 Å². The lowest BCUT2D eigenvalue weighted by Gasteiger charge is -2.13. The Hall–Kier alpha value is -0.430. The van der Waals surface area contributed by atoms with Crippen LogP contribution in [0.4, 0.5) is 0 Å². The third kappa shape index (κ3) is 2.50. The van der Waals surface area contributed by atoms with Gasteiger partial charge in [0.05, 0.1) is 0 Å². The van der Waals surface area contributed by atoms with Gasteiger partial charge in [0, 0.05) is 5.75 Å². The molecule has 0 N–H and O–H groups in total. The first-order valence-electron chi connectivity index (χ1n) is 4.74. The summed E-state index contributed by atoms with van der Waals surface area (Å²) in [6, 6.07) is 6.65. The monoisotopic (exact) mass is 194 g/mol. The Morgan fingerprint density at radius 2 is 2.00 bits per heavy atom. The number of hydrogen-bond acceptors (Lipinski definition) is 1. The standard InChI is InChI=1S/C12H18S/c1-9(2)12-7-5-6-11(8-13-4)10(12)3/h5-7,9H,8H2,1-4H3. The topological polar surface area (TPSA) is 0 Å². The molecule has 0 fully saturated rings. The predicted octanol–water partition coefficient (Wildman–Crippen LogP) is 3.98. The largest absolute Gasteiger partial charge is 0.161 e. The predicted molar refractivity (Wildman–Crippen MR) is 62.5 cm³/mol. The van der Waals surface area contributed by atoms with Crippen molar-refractivity contribution in [3.63, 3.8) is 0 Å². The average molecular weight is 194 g/mol. The van der Waals surface area contributed by atoms with Crippen molar-refractivity contribution in [2.24, 2.45) is 0 Å². The highest BCUT2D eigenvalue weighted by Gasteiger charge is 2.05. The molecule has 0 aromatic heterocycles. The van der Waals surface area contributed by atoms with E-state index in [-0.39, 0.29) is 0 Å². The smallest absolute Gasteiger partial charge is 0.0184 e. The molecular formula is C12H18S. The van der Waals surface area contributed by atoms with Crippen molar-refractivity contribution in [3.8, 4) is 0 Å². The van der Waals surface area contributed by atoms with E-state index in [9.17, 15) is 0 Å². The summed E-state index contributed by atoms with van der Waals surface area (Å²) >= 11 is 1.89. The van der Waals surface area contributed by atoms with Crippen LogP contribution >= 0.6 is 11.8 Å². The van der Waals surface area contributed by atoms with Crippen LogP contribution in [-0.2, 0) is 5.75 Å². The number of hydrogen-bond donors (Lipinski definition) is 0. The normalized spacial score (nSPS) is 10.8. The highest BCUT2D eigenvalue weighted by molar-refractivity contribution is 7.97. The molecule has 13 heavy (non-hydrogen) atoms. The minimum atomic E-state index is 0.641. The SMILES string of the molecule is CSCc1cccc(C(C)C)c1C. The molecule has 1 aromatic rings. The lowest BCUT2D eigenvalue weighted by atomic mass is 9.95. The molecule has 0 atom stereocenters. The lowest BCUT2D eigenvalue weighted by molar-refractivity contribution is 0.853. The first kappa shape index (κ1) is 10.6. The number of thioether (sulfide) groups is 1. The Morgan fingerprint density at radius 1 is 1.31 bits per heavy atom. The third-order valence-corrected chi connectivity index (χ3v) is 3.01. The van der Waals surface area contributed by atoms with Gasteiger partial charge in [-0.2, -0.15) is 11.8 Å². The van der Waals surface area contributed by atoms with Crippen LogP contribution in [0.5, 0.6) is 0 Å². The third-order valence-electron chi connectivity index (χ3n) is 2.41. The number of benzene rings is 1. The van der Waals surface area contributed by atoms with Crippen molar-refractivity contribution < 1.29 is 0 Å². The minimum Gasteiger partial charge on any atom is -0.161 e. The molecule has 0 spiro atoms. The van der Waals surface area contributed by atoms with E-state index >= 15 is 0 Å². The molecule has 0 unspecified atom stereocenters. The van der Waals surface area contributed by atoms with Gasteiger partial charge in [0.15, 0.2) is 0 Å². The van der Waals surface area contributed by atoms with Crippen molar-refractivity contribution in [1.29, 1.82) is 0 Å². The van der Waals surface area contributed by atoms with Crippen molar-refractivity contribution in [1.82, 2.24) is 0 Å². The van der Waals surface area contributed by atoms with Crippen LogP contribution in [0.1, 0.15) is 36.5 Å². The second-order valence-electron chi connectivity index (χ2n) is 3.72. The van der Waals surface area contributed by atoms with Crippen LogP contribution in [0.15, 0.2) is 18.2 Å². The van der Waals surface area contributed by atoms with Crippen LogP contribution in [0.3, 0.4) is 0 Å².